The number of methoxy groups -OCH3 is 2. The highest BCUT2D eigenvalue weighted by Gasteiger charge is 2.35. The highest BCUT2D eigenvalue weighted by molar-refractivity contribution is 7.19. The Hall–Kier alpha value is -7.18. The number of carboxylic acids is 1. The van der Waals surface area contributed by atoms with Crippen molar-refractivity contribution in [2.75, 3.05) is 78.2 Å². The summed E-state index contributed by atoms with van der Waals surface area (Å²) in [5.74, 6) is -3.67. The number of benzene rings is 2. The number of nitrogens with two attached hydrogens (primary N) is 2. The van der Waals surface area contributed by atoms with Gasteiger partial charge in [-0.15, -0.1) is 22.7 Å². The Bertz CT molecular complexity index is 3160. The predicted octanol–water partition coefficient (Wildman–Crippen LogP) is 6.14. The van der Waals surface area contributed by atoms with Crippen LogP contribution < -0.4 is 36.9 Å². The van der Waals surface area contributed by atoms with Crippen LogP contribution in [0.15, 0.2) is 60.9 Å². The summed E-state index contributed by atoms with van der Waals surface area (Å²) in [6.45, 7) is 10.5. The zero-order valence-electron chi connectivity index (χ0n) is 44.0. The Morgan fingerprint density at radius 2 is 1.17 bits per heavy atom. The fourth-order valence-corrected chi connectivity index (χ4v) is 12.3. The van der Waals surface area contributed by atoms with E-state index in [9.17, 15) is 28.8 Å². The maximum absolute atomic E-state index is 13.4. The first kappa shape index (κ1) is 56.0. The van der Waals surface area contributed by atoms with Gasteiger partial charge in [0.1, 0.15) is 11.1 Å². The van der Waals surface area contributed by atoms with E-state index in [1.807, 2.05) is 16.7 Å². The van der Waals surface area contributed by atoms with Gasteiger partial charge >= 0.3 is 23.7 Å². The number of likely N-dealkylation sites (tertiary alicyclic amines) is 3. The van der Waals surface area contributed by atoms with Crippen molar-refractivity contribution < 1.29 is 43.3 Å². The van der Waals surface area contributed by atoms with Crippen LogP contribution in [0, 0.1) is 11.8 Å². The Kier molecular flexibility index (Phi) is 18.1. The summed E-state index contributed by atoms with van der Waals surface area (Å²) in [6, 6.07) is 15.9. The number of likely N-dealkylation sites (N-methyl/N-ethyl adjacent to an activating group) is 2. The van der Waals surface area contributed by atoms with Gasteiger partial charge in [-0.05, 0) is 132 Å². The summed E-state index contributed by atoms with van der Waals surface area (Å²) in [6.07, 6.45) is 9.12. The number of carbonyl (C=O) groups excluding carboxylic acids is 5. The first-order valence-corrected chi connectivity index (χ1v) is 27.3. The summed E-state index contributed by atoms with van der Waals surface area (Å²) in [5, 5.41) is 19.2. The van der Waals surface area contributed by atoms with E-state index in [4.69, 9.17) is 36.0 Å². The number of carboxylic acid groups (broad SMARTS) is 1. The summed E-state index contributed by atoms with van der Waals surface area (Å²) < 4.78 is 12.3. The number of carbonyl (C=O) groups is 6. The van der Waals surface area contributed by atoms with E-state index < -0.39 is 35.5 Å². The molecule has 0 saturated carbocycles. The van der Waals surface area contributed by atoms with Crippen LogP contribution in [0.25, 0.3) is 20.4 Å². The molecule has 21 nitrogen and oxygen atoms in total. The van der Waals surface area contributed by atoms with Gasteiger partial charge in [0.05, 0.1) is 74.5 Å². The van der Waals surface area contributed by atoms with Gasteiger partial charge in [-0.2, -0.15) is 0 Å². The number of ether oxygens (including phenoxy) is 2. The maximum atomic E-state index is 13.4. The predicted molar refractivity (Wildman–Crippen MR) is 294 cm³/mol. The summed E-state index contributed by atoms with van der Waals surface area (Å²) >= 11 is 3.64. The molecule has 0 spiro atoms. The van der Waals surface area contributed by atoms with Crippen molar-refractivity contribution >= 4 is 90.0 Å². The number of nitrogens with one attached hydrogen (secondary N) is 3. The fraction of sp³-hybridized carbons (Fsp3) is 0.444. The maximum Gasteiger partial charge on any atom is 0.394 e. The van der Waals surface area contributed by atoms with Crippen molar-refractivity contribution in [3.63, 3.8) is 0 Å². The third-order valence-electron chi connectivity index (χ3n) is 14.4. The molecule has 4 aliphatic rings. The van der Waals surface area contributed by atoms with Crippen LogP contribution in [0.4, 0.5) is 11.4 Å². The van der Waals surface area contributed by atoms with Crippen molar-refractivity contribution in [2.45, 2.75) is 76.3 Å². The molecular formula is C54H66N12O9S2. The van der Waals surface area contributed by atoms with E-state index in [0.717, 1.165) is 78.3 Å². The van der Waals surface area contributed by atoms with Gasteiger partial charge in [0.2, 0.25) is 11.8 Å². The number of primary amides is 2. The van der Waals surface area contributed by atoms with Crippen molar-refractivity contribution in [1.82, 2.24) is 40.0 Å². The minimum absolute atomic E-state index is 0.00850. The van der Waals surface area contributed by atoms with E-state index in [-0.39, 0.29) is 46.2 Å². The van der Waals surface area contributed by atoms with E-state index >= 15 is 0 Å². The number of amides is 5. The van der Waals surface area contributed by atoms with Gasteiger partial charge in [0, 0.05) is 37.5 Å². The zero-order chi connectivity index (χ0) is 55.1. The third kappa shape index (κ3) is 13.7. The first-order chi connectivity index (χ1) is 36.9. The van der Waals surface area contributed by atoms with E-state index in [1.54, 1.807) is 16.2 Å². The minimum Gasteiger partial charge on any atom is -0.480 e. The van der Waals surface area contributed by atoms with Gasteiger partial charge in [-0.1, -0.05) is 26.0 Å². The number of thiazole rings is 2. The van der Waals surface area contributed by atoms with Crippen LogP contribution in [0.2, 0.25) is 0 Å². The van der Waals surface area contributed by atoms with Crippen LogP contribution in [-0.4, -0.2) is 143 Å². The third-order valence-corrected chi connectivity index (χ3v) is 16.8. The topological polar surface area (TPSA) is 291 Å². The molecule has 408 valence electrons. The van der Waals surface area contributed by atoms with Crippen molar-refractivity contribution in [1.29, 1.82) is 0 Å². The molecule has 8 heterocycles. The number of hydrogen-bond donors (Lipinski definition) is 6. The molecular weight excluding hydrogens is 1020 g/mol. The summed E-state index contributed by atoms with van der Waals surface area (Å²) in [7, 11) is 7.01. The Balaban J connectivity index is 0.000000169. The van der Waals surface area contributed by atoms with Crippen molar-refractivity contribution in [3.8, 4) is 11.8 Å². The van der Waals surface area contributed by atoms with Crippen LogP contribution in [-0.2, 0) is 19.2 Å². The molecule has 10 rings (SSSR count). The highest BCUT2D eigenvalue weighted by Crippen LogP contribution is 2.39. The molecule has 8 N–H and O–H groups in total. The number of hydrogen-bond acceptors (Lipinski definition) is 17. The second-order valence-electron chi connectivity index (χ2n) is 20.4. The number of fused-ring (bicyclic) bond motifs is 2. The number of rotatable bonds is 10. The van der Waals surface area contributed by atoms with Crippen LogP contribution in [0.1, 0.15) is 118 Å². The van der Waals surface area contributed by atoms with E-state index in [0.29, 0.717) is 24.4 Å². The first-order valence-electron chi connectivity index (χ1n) is 25.6. The lowest BCUT2D eigenvalue weighted by Gasteiger charge is -2.38. The lowest BCUT2D eigenvalue weighted by atomic mass is 9.89. The van der Waals surface area contributed by atoms with Crippen LogP contribution in [0.5, 0.6) is 11.8 Å². The Labute approximate surface area is 454 Å². The smallest absolute Gasteiger partial charge is 0.394 e. The molecule has 23 heteroatoms. The van der Waals surface area contributed by atoms with Gasteiger partial charge in [-0.3, -0.25) is 24.0 Å². The SMILES string of the molecule is COc1ncc(NC(=O)C(=O)N2C[C@@H](C)CCC2c2ccc3sc(C4CCN(C)C4)nc3c2)cc1C(N)=O.COc1ncc(NC(=O)C(=O)O)cc1C(N)=O.C[C@H]1CCC(c2ccc3sc(C4CCN(C)C4)nc3c2)NC1. The Morgan fingerprint density at radius 1 is 0.662 bits per heavy atom. The van der Waals surface area contributed by atoms with Gasteiger partial charge in [0.15, 0.2) is 0 Å². The monoisotopic (exact) mass is 1090 g/mol. The molecule has 2 aromatic carbocycles. The largest absolute Gasteiger partial charge is 0.480 e. The lowest BCUT2D eigenvalue weighted by molar-refractivity contribution is -0.147. The number of aromatic nitrogens is 4. The molecule has 6 aromatic rings. The summed E-state index contributed by atoms with van der Waals surface area (Å²) in [5.41, 5.74) is 15.2. The second-order valence-corrected chi connectivity index (χ2v) is 22.5. The van der Waals surface area contributed by atoms with Gasteiger partial charge < -0.3 is 56.7 Å². The Morgan fingerprint density at radius 3 is 1.64 bits per heavy atom. The number of aliphatic carboxylic acids is 1. The number of nitrogens with zero attached hydrogens (tertiary/aromatic N) is 7. The number of pyridine rings is 2. The van der Waals surface area contributed by atoms with Gasteiger partial charge in [0.25, 0.3) is 11.8 Å². The summed E-state index contributed by atoms with van der Waals surface area (Å²) in [4.78, 5) is 94.4. The van der Waals surface area contributed by atoms with Gasteiger partial charge in [-0.25, -0.2) is 24.7 Å². The number of piperidine rings is 2. The number of anilines is 2. The molecule has 0 aliphatic carbocycles. The van der Waals surface area contributed by atoms with Crippen LogP contribution in [0.3, 0.4) is 0 Å². The molecule has 4 aromatic heterocycles. The standard InChI is InChI=1S/C27H32N6O4S.C18H25N3S.C9H9N3O5/c1-15-4-6-21(16-5-7-22-20(10-16)31-26(38-22)17-8-9-32(2)14-17)33(13-15)27(36)24(35)30-18-11-19(23(28)34)25(37-3)29-12-18;1-12-3-5-15(19-10-12)13-4-6-17-16(9-13)20-18(22-17)14-7-8-21(2)11-14;1-17-8-5(6(10)13)2-4(3-11-8)12-7(14)9(15)16/h5,7,10-12,15,17,21H,4,6,8-9,13-14H2,1-3H3,(H2,28,34)(H,30,35);4,6,9,12,14-15,19H,3,5,7-8,10-11H2,1-2H3;2-3H,1H3,(H2,10,13)(H,12,14)(H,15,16)/t15-,17?,21?;12-,14?,15?;/m00./s1. The molecule has 0 bridgehead atoms. The average Bonchev–Trinajstić information content (AvgIpc) is 4.27. The zero-order valence-corrected chi connectivity index (χ0v) is 45.7. The molecule has 4 fully saturated rings. The minimum atomic E-state index is -1.65. The average molecular weight is 1090 g/mol. The normalized spacial score (nSPS) is 21.6. The van der Waals surface area contributed by atoms with E-state index in [1.165, 1.54) is 79.1 Å². The fourth-order valence-electron chi connectivity index (χ4n) is 10.2. The molecule has 0 radical (unpaired) electrons. The van der Waals surface area contributed by atoms with Crippen LogP contribution >= 0.6 is 22.7 Å². The molecule has 77 heavy (non-hydrogen) atoms. The molecule has 4 unspecified atom stereocenters. The quantitative estimate of drug-likeness (QED) is 0.0839. The highest BCUT2D eigenvalue weighted by atomic mass is 32.1. The van der Waals surface area contributed by atoms with E-state index in [2.05, 4.69) is 94.7 Å². The second kappa shape index (κ2) is 24.9. The lowest BCUT2D eigenvalue weighted by Crippen LogP contribution is -2.46. The molecule has 4 saturated heterocycles. The molecule has 6 atom stereocenters. The van der Waals surface area contributed by atoms with Crippen molar-refractivity contribution in [2.24, 2.45) is 23.3 Å². The van der Waals surface area contributed by atoms with Crippen molar-refractivity contribution in [3.05, 3.63) is 93.2 Å². The molecule has 5 amide bonds. The molecule has 4 aliphatic heterocycles.